The maximum absolute atomic E-state index is 11.3. The molecule has 0 bridgehead atoms. The van der Waals surface area contributed by atoms with Crippen LogP contribution in [0.1, 0.15) is 11.1 Å². The molecule has 0 fully saturated rings. The lowest BCUT2D eigenvalue weighted by molar-refractivity contribution is -0.394. The summed E-state index contributed by atoms with van der Waals surface area (Å²) in [6.45, 7) is 0. The van der Waals surface area contributed by atoms with Crippen LogP contribution in [0.5, 0.6) is 0 Å². The molecule has 162 valence electrons. The summed E-state index contributed by atoms with van der Waals surface area (Å²) in [7, 11) is 0. The van der Waals surface area contributed by atoms with Crippen molar-refractivity contribution in [3.63, 3.8) is 0 Å². The predicted octanol–water partition coefficient (Wildman–Crippen LogP) is 2.76. The first kappa shape index (κ1) is 20.5. The minimum Gasteiger partial charge on any atom is -0.376 e. The van der Waals surface area contributed by atoms with E-state index in [9.17, 15) is 40.5 Å². The molecule has 0 saturated heterocycles. The molecule has 32 heavy (non-hydrogen) atoms. The Morgan fingerprint density at radius 2 is 1.06 bits per heavy atom. The highest BCUT2D eigenvalue weighted by molar-refractivity contribution is 8.08. The minimum absolute atomic E-state index is 0.0877. The van der Waals surface area contributed by atoms with Crippen LogP contribution in [-0.4, -0.2) is 36.6 Å². The summed E-state index contributed by atoms with van der Waals surface area (Å²) in [5, 5.41) is 44.3. The molecule has 0 radical (unpaired) electrons. The molecule has 0 aromatic heterocycles. The molecule has 4 rings (SSSR count). The number of nitro groups is 4. The van der Waals surface area contributed by atoms with Crippen molar-refractivity contribution >= 4 is 50.7 Å². The summed E-state index contributed by atoms with van der Waals surface area (Å²) in [5.74, 6) is -0.545. The summed E-state index contributed by atoms with van der Waals surface area (Å²) < 4.78 is 10.9. The highest BCUT2D eigenvalue weighted by Gasteiger charge is 2.36. The van der Waals surface area contributed by atoms with Gasteiger partial charge in [-0.05, 0) is 12.1 Å². The Morgan fingerprint density at radius 1 is 0.656 bits per heavy atom. The molecule has 0 amide bonds. The summed E-state index contributed by atoms with van der Waals surface area (Å²) in [6, 6.07) is 5.75. The second kappa shape index (κ2) is 7.47. The molecule has 2 aromatic rings. The molecule has 0 N–H and O–H groups in total. The SMILES string of the molecule is O=[N+]([O-])c1ccc(C2=NC3=S(O2)OC(c2ccc([N+](=O)[O-])cc2[N+](=O)[O-])=N3)c([N+](=O)[O-])c1. The zero-order valence-electron chi connectivity index (χ0n) is 15.1. The van der Waals surface area contributed by atoms with E-state index in [1.54, 1.807) is 0 Å². The van der Waals surface area contributed by atoms with Gasteiger partial charge in [-0.2, -0.15) is 9.98 Å². The number of benzene rings is 2. The first-order chi connectivity index (χ1) is 15.2. The second-order valence-corrected chi connectivity index (χ2v) is 7.12. The average Bonchev–Trinajstić information content (AvgIpc) is 3.31. The lowest BCUT2D eigenvalue weighted by Gasteiger charge is -2.08. The number of hydrogen-bond acceptors (Lipinski definition) is 12. The van der Waals surface area contributed by atoms with Gasteiger partial charge in [-0.3, -0.25) is 40.5 Å². The molecule has 0 unspecified atom stereocenters. The Hall–Kier alpha value is -4.80. The zero-order valence-corrected chi connectivity index (χ0v) is 16.0. The lowest BCUT2D eigenvalue weighted by atomic mass is 10.1. The molecule has 2 aromatic carbocycles. The fourth-order valence-electron chi connectivity index (χ4n) is 2.69. The Balaban J connectivity index is 1.69. The Labute approximate surface area is 177 Å². The molecular weight excluding hydrogens is 456 g/mol. The van der Waals surface area contributed by atoms with Gasteiger partial charge in [0.05, 0.1) is 31.8 Å². The van der Waals surface area contributed by atoms with Crippen molar-refractivity contribution < 1.29 is 28.1 Å². The molecule has 2 heterocycles. The topological polar surface area (TPSA) is 216 Å². The zero-order chi connectivity index (χ0) is 23.2. The third kappa shape index (κ3) is 3.47. The van der Waals surface area contributed by atoms with E-state index in [2.05, 4.69) is 9.98 Å². The van der Waals surface area contributed by atoms with E-state index in [1.807, 2.05) is 0 Å². The van der Waals surface area contributed by atoms with Crippen LogP contribution >= 0.6 is 11.0 Å². The molecule has 2 aliphatic rings. The quantitative estimate of drug-likeness (QED) is 0.347. The van der Waals surface area contributed by atoms with Crippen LogP contribution in [0, 0.1) is 40.5 Å². The second-order valence-electron chi connectivity index (χ2n) is 5.95. The molecule has 2 aliphatic heterocycles. The number of rotatable bonds is 6. The normalized spacial score (nSPS) is 14.7. The van der Waals surface area contributed by atoms with E-state index in [0.29, 0.717) is 0 Å². The third-order valence-electron chi connectivity index (χ3n) is 4.09. The van der Waals surface area contributed by atoms with Crippen LogP contribution in [0.2, 0.25) is 0 Å². The van der Waals surface area contributed by atoms with Gasteiger partial charge in [-0.25, -0.2) is 0 Å². The van der Waals surface area contributed by atoms with Crippen molar-refractivity contribution in [2.45, 2.75) is 0 Å². The van der Waals surface area contributed by atoms with E-state index >= 15 is 0 Å². The van der Waals surface area contributed by atoms with E-state index in [-0.39, 0.29) is 28.0 Å². The number of non-ortho nitro benzene ring substituents is 2. The standard InChI is InChI=1S/C15H6N6O10S/c22-18(23)7-1-3-9(11(5-7)20(26)27)13-16-15-17-14(31-32(15)30-13)10-4-2-8(19(24)25)6-12(10)21(28)29/h1-6H. The fraction of sp³-hybridized carbons (Fsp3) is 0. The van der Waals surface area contributed by atoms with Crippen LogP contribution in [0.4, 0.5) is 22.7 Å². The largest absolute Gasteiger partial charge is 0.376 e. The van der Waals surface area contributed by atoms with Crippen LogP contribution in [-0.2, 0) is 8.37 Å². The first-order valence-electron chi connectivity index (χ1n) is 8.17. The summed E-state index contributed by atoms with van der Waals surface area (Å²) in [5.41, 5.74) is -2.57. The van der Waals surface area contributed by atoms with Crippen LogP contribution < -0.4 is 0 Å². The van der Waals surface area contributed by atoms with Crippen LogP contribution in [0.15, 0.2) is 46.4 Å². The van der Waals surface area contributed by atoms with Gasteiger partial charge in [0.1, 0.15) is 11.1 Å². The van der Waals surface area contributed by atoms with Crippen molar-refractivity contribution in [1.82, 2.24) is 0 Å². The van der Waals surface area contributed by atoms with E-state index in [0.717, 1.165) is 36.4 Å². The predicted molar refractivity (Wildman–Crippen MR) is 107 cm³/mol. The fourth-order valence-corrected chi connectivity index (χ4v) is 3.73. The van der Waals surface area contributed by atoms with Crippen molar-refractivity contribution in [3.05, 3.63) is 88.0 Å². The molecule has 0 aliphatic carbocycles. The van der Waals surface area contributed by atoms with Crippen molar-refractivity contribution in [2.75, 3.05) is 0 Å². The van der Waals surface area contributed by atoms with Gasteiger partial charge in [0.2, 0.25) is 22.8 Å². The van der Waals surface area contributed by atoms with Crippen LogP contribution in [0.25, 0.3) is 0 Å². The molecule has 16 nitrogen and oxygen atoms in total. The van der Waals surface area contributed by atoms with Gasteiger partial charge in [0, 0.05) is 12.1 Å². The summed E-state index contributed by atoms with van der Waals surface area (Å²) >= 11 is -1.60. The van der Waals surface area contributed by atoms with E-state index < -0.39 is 53.5 Å². The highest BCUT2D eigenvalue weighted by atomic mass is 32.2. The Bertz CT molecular complexity index is 1250. The van der Waals surface area contributed by atoms with E-state index in [4.69, 9.17) is 8.37 Å². The number of aliphatic imine (C=N–C) groups is 2. The minimum atomic E-state index is -1.60. The number of nitrogens with zero attached hydrogens (tertiary/aromatic N) is 6. The summed E-state index contributed by atoms with van der Waals surface area (Å²) in [4.78, 5) is 49.1. The van der Waals surface area contributed by atoms with E-state index in [1.165, 1.54) is 0 Å². The van der Waals surface area contributed by atoms with Gasteiger partial charge in [0.15, 0.2) is 0 Å². The van der Waals surface area contributed by atoms with Gasteiger partial charge in [-0.1, -0.05) is 0 Å². The van der Waals surface area contributed by atoms with Gasteiger partial charge in [-0.15, -0.1) is 0 Å². The lowest BCUT2D eigenvalue weighted by Crippen LogP contribution is -2.09. The molecule has 0 saturated carbocycles. The Kier molecular flexibility index (Phi) is 4.78. The summed E-state index contributed by atoms with van der Waals surface area (Å²) in [6.07, 6.45) is 0. The molecular formula is C15H6N6O10S. The molecule has 17 heteroatoms. The van der Waals surface area contributed by atoms with Gasteiger partial charge in [0.25, 0.3) is 27.9 Å². The maximum atomic E-state index is 11.3. The third-order valence-corrected chi connectivity index (χ3v) is 5.19. The average molecular weight is 462 g/mol. The highest BCUT2D eigenvalue weighted by Crippen LogP contribution is 2.38. The van der Waals surface area contributed by atoms with Gasteiger partial charge >= 0.3 is 0 Å². The van der Waals surface area contributed by atoms with Crippen molar-refractivity contribution in [2.24, 2.45) is 9.98 Å². The van der Waals surface area contributed by atoms with Crippen LogP contribution in [0.3, 0.4) is 0 Å². The number of hydrogen-bond donors (Lipinski definition) is 0. The smallest absolute Gasteiger partial charge is 0.288 e. The maximum Gasteiger partial charge on any atom is 0.288 e. The van der Waals surface area contributed by atoms with Gasteiger partial charge < -0.3 is 8.37 Å². The monoisotopic (exact) mass is 462 g/mol. The first-order valence-corrected chi connectivity index (χ1v) is 9.25. The number of nitro benzene ring substituents is 4. The van der Waals surface area contributed by atoms with Crippen molar-refractivity contribution in [3.8, 4) is 0 Å². The molecule has 0 spiro atoms. The Morgan fingerprint density at radius 3 is 1.38 bits per heavy atom. The van der Waals surface area contributed by atoms with Crippen molar-refractivity contribution in [1.29, 1.82) is 0 Å². The molecule has 0 atom stereocenters.